The van der Waals surface area contributed by atoms with Gasteiger partial charge < -0.3 is 20.3 Å². The van der Waals surface area contributed by atoms with Gasteiger partial charge in [-0.3, -0.25) is 19.5 Å². The Balaban J connectivity index is 1.31. The molecule has 9 nitrogen and oxygen atoms in total. The van der Waals surface area contributed by atoms with E-state index in [9.17, 15) is 14.4 Å². The van der Waals surface area contributed by atoms with Gasteiger partial charge in [-0.1, -0.05) is 19.3 Å². The van der Waals surface area contributed by atoms with Crippen LogP contribution >= 0.6 is 0 Å². The number of ether oxygens (including phenoxy) is 1. The predicted molar refractivity (Wildman–Crippen MR) is 136 cm³/mol. The Labute approximate surface area is 211 Å². The van der Waals surface area contributed by atoms with Crippen molar-refractivity contribution < 1.29 is 19.1 Å². The Bertz CT molecular complexity index is 1110. The first-order chi connectivity index (χ1) is 17.5. The molecular weight excluding hydrogens is 458 g/mol. The van der Waals surface area contributed by atoms with Gasteiger partial charge in [-0.25, -0.2) is 4.79 Å². The van der Waals surface area contributed by atoms with Crippen LogP contribution in [0.1, 0.15) is 63.5 Å². The third-order valence-electron chi connectivity index (χ3n) is 7.17. The Kier molecular flexibility index (Phi) is 7.18. The number of hydrogen-bond acceptors (Lipinski definition) is 6. The summed E-state index contributed by atoms with van der Waals surface area (Å²) in [6.45, 7) is 2.03. The van der Waals surface area contributed by atoms with E-state index in [2.05, 4.69) is 15.6 Å². The first-order valence-electron chi connectivity index (χ1n) is 12.9. The molecule has 0 saturated heterocycles. The van der Waals surface area contributed by atoms with Gasteiger partial charge in [0.2, 0.25) is 11.8 Å². The van der Waals surface area contributed by atoms with Gasteiger partial charge >= 0.3 is 6.09 Å². The molecule has 2 N–H and O–H groups in total. The minimum atomic E-state index is -0.595. The Morgan fingerprint density at radius 1 is 1.06 bits per heavy atom. The van der Waals surface area contributed by atoms with Gasteiger partial charge in [0.25, 0.3) is 0 Å². The van der Waals surface area contributed by atoms with E-state index in [1.807, 2.05) is 19.1 Å². The Morgan fingerprint density at radius 2 is 1.81 bits per heavy atom. The lowest BCUT2D eigenvalue weighted by Gasteiger charge is -2.37. The first kappa shape index (κ1) is 24.2. The highest BCUT2D eigenvalue weighted by atomic mass is 16.6. The van der Waals surface area contributed by atoms with E-state index in [0.29, 0.717) is 23.2 Å². The second-order valence-corrected chi connectivity index (χ2v) is 9.88. The second kappa shape index (κ2) is 10.7. The highest BCUT2D eigenvalue weighted by Gasteiger charge is 2.40. The molecule has 1 aromatic carbocycles. The van der Waals surface area contributed by atoms with Gasteiger partial charge in [-0.15, -0.1) is 0 Å². The number of pyridine rings is 1. The van der Waals surface area contributed by atoms with E-state index >= 15 is 0 Å². The van der Waals surface area contributed by atoms with E-state index in [1.54, 1.807) is 35.5 Å². The molecule has 0 bridgehead atoms. The van der Waals surface area contributed by atoms with E-state index in [4.69, 9.17) is 4.74 Å². The van der Waals surface area contributed by atoms with Crippen molar-refractivity contribution in [3.05, 3.63) is 48.3 Å². The normalized spacial score (nSPS) is 19.0. The number of fused-ring (bicyclic) bond motifs is 1. The zero-order valence-corrected chi connectivity index (χ0v) is 20.6. The summed E-state index contributed by atoms with van der Waals surface area (Å²) in [6.07, 6.45) is 10.4. The topological polar surface area (TPSA) is 104 Å². The highest BCUT2D eigenvalue weighted by molar-refractivity contribution is 6.12. The molecular formula is C27H33N5O4. The van der Waals surface area contributed by atoms with Crippen LogP contribution in [0.25, 0.3) is 0 Å². The molecule has 2 heterocycles. The van der Waals surface area contributed by atoms with Crippen LogP contribution in [0.4, 0.5) is 16.2 Å². The van der Waals surface area contributed by atoms with Gasteiger partial charge in [-0.05, 0) is 62.4 Å². The first-order valence-corrected chi connectivity index (χ1v) is 12.9. The van der Waals surface area contributed by atoms with Gasteiger partial charge in [-0.2, -0.15) is 0 Å². The lowest BCUT2D eigenvalue weighted by atomic mass is 9.95. The van der Waals surface area contributed by atoms with Crippen LogP contribution in [-0.2, 0) is 9.59 Å². The van der Waals surface area contributed by atoms with Gasteiger partial charge in [0.05, 0.1) is 24.0 Å². The summed E-state index contributed by atoms with van der Waals surface area (Å²) < 4.78 is 5.57. The average molecular weight is 492 g/mol. The van der Waals surface area contributed by atoms with Crippen molar-refractivity contribution in [1.29, 1.82) is 0 Å². The SMILES string of the molecule is CC(NC(=O)Oc1ccc2c(c1)N(C(=O)CNC1CCCCC1)CC(=O)N2C1CC1)c1ccncc1. The molecule has 1 atom stereocenters. The lowest BCUT2D eigenvalue weighted by molar-refractivity contribution is -0.122. The number of nitrogens with one attached hydrogen (secondary N) is 2. The number of carbonyl (C=O) groups is 3. The van der Waals surface area contributed by atoms with Crippen molar-refractivity contribution in [1.82, 2.24) is 15.6 Å². The van der Waals surface area contributed by atoms with E-state index in [1.165, 1.54) is 24.2 Å². The van der Waals surface area contributed by atoms with Crippen LogP contribution in [-0.4, -0.2) is 48.1 Å². The summed E-state index contributed by atoms with van der Waals surface area (Å²) >= 11 is 0. The average Bonchev–Trinajstić information content (AvgIpc) is 3.73. The zero-order chi connectivity index (χ0) is 25.1. The van der Waals surface area contributed by atoms with Crippen LogP contribution in [0.2, 0.25) is 0 Å². The number of rotatable bonds is 7. The second-order valence-electron chi connectivity index (χ2n) is 9.88. The molecule has 3 amide bonds. The summed E-state index contributed by atoms with van der Waals surface area (Å²) in [5, 5.41) is 6.19. The van der Waals surface area contributed by atoms with Crippen molar-refractivity contribution in [3.63, 3.8) is 0 Å². The summed E-state index contributed by atoms with van der Waals surface area (Å²) in [6, 6.07) is 9.05. The summed E-state index contributed by atoms with van der Waals surface area (Å²) in [5.74, 6) is 0.0865. The molecule has 2 aromatic rings. The smallest absolute Gasteiger partial charge is 0.410 e. The minimum Gasteiger partial charge on any atom is -0.410 e. The lowest BCUT2D eigenvalue weighted by Crippen LogP contribution is -2.51. The van der Waals surface area contributed by atoms with Crippen LogP contribution in [0, 0.1) is 0 Å². The number of anilines is 2. The molecule has 1 aromatic heterocycles. The van der Waals surface area contributed by atoms with Crippen molar-refractivity contribution in [3.8, 4) is 5.75 Å². The number of aromatic nitrogens is 1. The fourth-order valence-corrected chi connectivity index (χ4v) is 5.06. The molecule has 0 radical (unpaired) electrons. The monoisotopic (exact) mass is 491 g/mol. The standard InChI is InChI=1S/C27H33N5O4/c1-18(19-11-13-28-14-12-19)30-27(35)36-22-9-10-23-24(15-22)31(17-26(34)32(23)21-7-8-21)25(33)16-29-20-5-3-2-4-6-20/h9-15,18,20-21,29H,2-8,16-17H2,1H3,(H,30,35). The number of amides is 3. The number of carbonyl (C=O) groups excluding carboxylic acids is 3. The Morgan fingerprint density at radius 3 is 2.53 bits per heavy atom. The van der Waals surface area contributed by atoms with E-state index < -0.39 is 6.09 Å². The zero-order valence-electron chi connectivity index (χ0n) is 20.6. The fraction of sp³-hybridized carbons (Fsp3) is 0.481. The maximum absolute atomic E-state index is 13.2. The van der Waals surface area contributed by atoms with Gasteiger partial charge in [0.1, 0.15) is 12.3 Å². The number of benzene rings is 1. The molecule has 2 fully saturated rings. The molecule has 0 spiro atoms. The van der Waals surface area contributed by atoms with Crippen molar-refractivity contribution >= 4 is 29.3 Å². The summed E-state index contributed by atoms with van der Waals surface area (Å²) in [7, 11) is 0. The molecule has 5 rings (SSSR count). The molecule has 1 aliphatic heterocycles. The fourth-order valence-electron chi connectivity index (χ4n) is 5.06. The molecule has 36 heavy (non-hydrogen) atoms. The van der Waals surface area contributed by atoms with Crippen LogP contribution in [0.3, 0.4) is 0 Å². The molecule has 1 unspecified atom stereocenters. The van der Waals surface area contributed by atoms with E-state index in [0.717, 1.165) is 31.2 Å². The molecule has 190 valence electrons. The Hall–Kier alpha value is -3.46. The minimum absolute atomic E-state index is 0.0105. The van der Waals surface area contributed by atoms with Gasteiger partial charge in [0.15, 0.2) is 0 Å². The van der Waals surface area contributed by atoms with Crippen molar-refractivity contribution in [2.75, 3.05) is 22.9 Å². The van der Waals surface area contributed by atoms with E-state index in [-0.39, 0.29) is 37.0 Å². The predicted octanol–water partition coefficient (Wildman–Crippen LogP) is 3.70. The molecule has 9 heteroatoms. The largest absolute Gasteiger partial charge is 0.413 e. The maximum Gasteiger partial charge on any atom is 0.413 e. The molecule has 2 saturated carbocycles. The summed E-state index contributed by atoms with van der Waals surface area (Å²) in [4.78, 5) is 46.1. The maximum atomic E-state index is 13.2. The van der Waals surface area contributed by atoms with Crippen LogP contribution < -0.4 is 25.2 Å². The van der Waals surface area contributed by atoms with Gasteiger partial charge in [0, 0.05) is 30.5 Å². The number of nitrogens with zero attached hydrogens (tertiary/aromatic N) is 3. The van der Waals surface area contributed by atoms with Crippen LogP contribution in [0.5, 0.6) is 5.75 Å². The molecule has 2 aliphatic carbocycles. The third-order valence-corrected chi connectivity index (χ3v) is 7.17. The van der Waals surface area contributed by atoms with Crippen molar-refractivity contribution in [2.45, 2.75) is 70.0 Å². The number of hydrogen-bond donors (Lipinski definition) is 2. The van der Waals surface area contributed by atoms with Crippen LogP contribution in [0.15, 0.2) is 42.7 Å². The highest BCUT2D eigenvalue weighted by Crippen LogP contribution is 2.42. The third kappa shape index (κ3) is 5.51. The molecule has 3 aliphatic rings. The quantitative estimate of drug-likeness (QED) is 0.612. The van der Waals surface area contributed by atoms with Crippen molar-refractivity contribution in [2.24, 2.45) is 0 Å². The summed E-state index contributed by atoms with van der Waals surface area (Å²) in [5.41, 5.74) is 2.20.